The van der Waals surface area contributed by atoms with E-state index in [-0.39, 0.29) is 5.78 Å². The van der Waals surface area contributed by atoms with E-state index in [1.54, 1.807) is 6.92 Å². The van der Waals surface area contributed by atoms with Crippen LogP contribution in [0, 0.1) is 27.7 Å². The Hall–Kier alpha value is -2.41. The van der Waals surface area contributed by atoms with Gasteiger partial charge >= 0.3 is 0 Å². The smallest absolute Gasteiger partial charge is 0.159 e. The van der Waals surface area contributed by atoms with Crippen LogP contribution in [0.25, 0.3) is 0 Å². The van der Waals surface area contributed by atoms with Crippen LogP contribution in [0.4, 0.5) is 0 Å². The highest BCUT2D eigenvalue weighted by molar-refractivity contribution is 5.96. The van der Waals surface area contributed by atoms with Gasteiger partial charge in [0.25, 0.3) is 0 Å². The highest BCUT2D eigenvalue weighted by Crippen LogP contribution is 2.15. The fraction of sp³-hybridized carbons (Fsp3) is 0.469. The molecule has 0 saturated heterocycles. The van der Waals surface area contributed by atoms with Gasteiger partial charge in [0.1, 0.15) is 0 Å². The van der Waals surface area contributed by atoms with Crippen LogP contribution in [0.3, 0.4) is 0 Å². The molecule has 0 spiro atoms. The van der Waals surface area contributed by atoms with Crippen molar-refractivity contribution in [1.29, 1.82) is 0 Å². The van der Waals surface area contributed by atoms with Crippen LogP contribution in [-0.2, 0) is 4.79 Å². The van der Waals surface area contributed by atoms with Crippen molar-refractivity contribution in [3.05, 3.63) is 96.7 Å². The minimum absolute atomic E-state index is 0.0421. The molecule has 188 valence electrons. The molecule has 0 heterocycles. The molecule has 0 amide bonds. The molecule has 1 rings (SSSR count). The van der Waals surface area contributed by atoms with Crippen LogP contribution < -0.4 is 0 Å². The van der Waals surface area contributed by atoms with Crippen LogP contribution >= 0.6 is 0 Å². The van der Waals surface area contributed by atoms with Gasteiger partial charge in [-0.3, -0.25) is 4.79 Å². The fourth-order valence-corrected chi connectivity index (χ4v) is 2.27. The molecule has 0 aliphatic heterocycles. The monoisotopic (exact) mass is 454 g/mol. The summed E-state index contributed by atoms with van der Waals surface area (Å²) in [5.41, 5.74) is 8.23. The number of carbonyl (C=O) groups is 1. The number of allylic oxidation sites excluding steroid dienone is 4. The lowest BCUT2D eigenvalue weighted by atomic mass is 10.00. The van der Waals surface area contributed by atoms with Crippen molar-refractivity contribution in [2.45, 2.75) is 101 Å². The van der Waals surface area contributed by atoms with E-state index in [0.717, 1.165) is 24.8 Å². The summed E-state index contributed by atoms with van der Waals surface area (Å²) in [6.45, 7) is 38.9. The van der Waals surface area contributed by atoms with E-state index in [4.69, 9.17) is 0 Å². The van der Waals surface area contributed by atoms with Gasteiger partial charge in [0, 0.05) is 5.57 Å². The third-order valence-electron chi connectivity index (χ3n) is 4.58. The number of hydrogen-bond donors (Lipinski definition) is 0. The van der Waals surface area contributed by atoms with Gasteiger partial charge in [-0.25, -0.2) is 0 Å². The Morgan fingerprint density at radius 3 is 1.36 bits per heavy atom. The van der Waals surface area contributed by atoms with Crippen LogP contribution in [0.5, 0.6) is 0 Å². The minimum Gasteiger partial charge on any atom is -0.295 e. The van der Waals surface area contributed by atoms with Crippen molar-refractivity contribution in [2.75, 3.05) is 0 Å². The zero-order valence-electron chi connectivity index (χ0n) is 23.6. The maximum absolute atomic E-state index is 10.9. The van der Waals surface area contributed by atoms with Crippen LogP contribution in [-0.4, -0.2) is 5.78 Å². The Kier molecular flexibility index (Phi) is 29.7. The summed E-state index contributed by atoms with van der Waals surface area (Å²) in [5, 5.41) is 0. The van der Waals surface area contributed by atoms with E-state index in [1.807, 2.05) is 19.9 Å². The Morgan fingerprint density at radius 1 is 0.788 bits per heavy atom. The summed E-state index contributed by atoms with van der Waals surface area (Å²) in [7, 11) is 0. The SMILES string of the molecule is C=C.C=C(C)C.C=C(CCCCCC)C(=C)C(C)=O.C=CCC.Cc1cc(C)c(C)cc1C. The molecular weight excluding hydrogens is 400 g/mol. The molecule has 33 heavy (non-hydrogen) atoms. The van der Waals surface area contributed by atoms with E-state index in [1.165, 1.54) is 47.1 Å². The predicted octanol–water partition coefficient (Wildman–Crippen LogP) is 10.5. The first-order valence-electron chi connectivity index (χ1n) is 12.0. The minimum atomic E-state index is 0.0421. The molecule has 0 unspecified atom stereocenters. The predicted molar refractivity (Wildman–Crippen MR) is 155 cm³/mol. The third-order valence-corrected chi connectivity index (χ3v) is 4.58. The zero-order valence-corrected chi connectivity index (χ0v) is 23.6. The van der Waals surface area contributed by atoms with Gasteiger partial charge in [0.05, 0.1) is 0 Å². The van der Waals surface area contributed by atoms with Gasteiger partial charge in [-0.15, -0.1) is 26.3 Å². The second-order valence-corrected chi connectivity index (χ2v) is 8.37. The van der Waals surface area contributed by atoms with Crippen molar-refractivity contribution in [3.63, 3.8) is 0 Å². The normalized spacial score (nSPS) is 8.52. The number of Topliss-reactive ketones (excluding diaryl/α,β-unsaturated/α-hetero) is 1. The molecule has 0 N–H and O–H groups in total. The Labute approximate surface area is 208 Å². The molecule has 0 fully saturated rings. The number of rotatable bonds is 8. The van der Waals surface area contributed by atoms with E-state index >= 15 is 0 Å². The summed E-state index contributed by atoms with van der Waals surface area (Å²) < 4.78 is 0. The van der Waals surface area contributed by atoms with Gasteiger partial charge in [0.15, 0.2) is 5.78 Å². The number of ketones is 1. The maximum atomic E-state index is 10.9. The fourth-order valence-electron chi connectivity index (χ4n) is 2.27. The van der Waals surface area contributed by atoms with E-state index in [2.05, 4.69) is 93.1 Å². The molecule has 0 aliphatic rings. The quantitative estimate of drug-likeness (QED) is 0.165. The topological polar surface area (TPSA) is 17.1 Å². The molecule has 0 saturated carbocycles. The second kappa shape index (κ2) is 25.8. The van der Waals surface area contributed by atoms with E-state index in [9.17, 15) is 4.79 Å². The van der Waals surface area contributed by atoms with Gasteiger partial charge in [-0.05, 0) is 95.6 Å². The average Bonchev–Trinajstić information content (AvgIpc) is 2.76. The first kappa shape index (κ1) is 37.9. The van der Waals surface area contributed by atoms with Crippen molar-refractivity contribution in [3.8, 4) is 0 Å². The van der Waals surface area contributed by atoms with Gasteiger partial charge in [-0.2, -0.15) is 0 Å². The van der Waals surface area contributed by atoms with Crippen LogP contribution in [0.2, 0.25) is 0 Å². The summed E-state index contributed by atoms with van der Waals surface area (Å²) in [4.78, 5) is 10.9. The van der Waals surface area contributed by atoms with Crippen molar-refractivity contribution in [2.24, 2.45) is 0 Å². The van der Waals surface area contributed by atoms with Crippen LogP contribution in [0.15, 0.2) is 74.4 Å². The van der Waals surface area contributed by atoms with Gasteiger partial charge < -0.3 is 0 Å². The summed E-state index contributed by atoms with van der Waals surface area (Å²) in [5.74, 6) is 0.0421. The first-order chi connectivity index (χ1) is 15.3. The third kappa shape index (κ3) is 27.6. The molecule has 1 nitrogen and oxygen atoms in total. The maximum Gasteiger partial charge on any atom is 0.159 e. The standard InChI is InChI=1S/C12H20O.C10H14.2C4H8.C2H4/c1-5-6-7-8-9-10(2)11(3)12(4)13;1-7-5-9(3)10(4)6-8(7)2;1-4(2)3;1-3-4-2;1-2/h2-3,5-9H2,1,4H3;5-6H,1-4H3;1H2,2-3H3;3H,1,4H2,2H3;1-2H2. The molecule has 0 atom stereocenters. The highest BCUT2D eigenvalue weighted by Gasteiger charge is 2.04. The number of hydrogen-bond acceptors (Lipinski definition) is 1. The molecule has 1 aromatic carbocycles. The molecule has 1 heteroatoms. The summed E-state index contributed by atoms with van der Waals surface area (Å²) in [6, 6.07) is 4.48. The number of aryl methyl sites for hydroxylation is 4. The van der Waals surface area contributed by atoms with Crippen molar-refractivity contribution in [1.82, 2.24) is 0 Å². The molecule has 0 aromatic heterocycles. The first-order valence-corrected chi connectivity index (χ1v) is 12.0. The lowest BCUT2D eigenvalue weighted by Crippen LogP contribution is -1.97. The summed E-state index contributed by atoms with van der Waals surface area (Å²) in [6.07, 6.45) is 8.72. The summed E-state index contributed by atoms with van der Waals surface area (Å²) >= 11 is 0. The number of carbonyl (C=O) groups excluding carboxylic acids is 1. The van der Waals surface area contributed by atoms with Gasteiger partial charge in [0.2, 0.25) is 0 Å². The molecule has 0 bridgehead atoms. The Bertz CT molecular complexity index is 649. The molecular formula is C32H54O. The average molecular weight is 455 g/mol. The number of unbranched alkanes of at least 4 members (excludes halogenated alkanes) is 3. The molecule has 1 aromatic rings. The van der Waals surface area contributed by atoms with E-state index in [0.29, 0.717) is 5.57 Å². The zero-order chi connectivity index (χ0) is 27.0. The van der Waals surface area contributed by atoms with Crippen molar-refractivity contribution >= 4 is 5.78 Å². The molecule has 0 aliphatic carbocycles. The number of benzene rings is 1. The Morgan fingerprint density at radius 2 is 1.12 bits per heavy atom. The largest absolute Gasteiger partial charge is 0.295 e. The lowest BCUT2D eigenvalue weighted by Gasteiger charge is -2.05. The highest BCUT2D eigenvalue weighted by atomic mass is 16.1. The Balaban J connectivity index is -0.000000185. The van der Waals surface area contributed by atoms with Gasteiger partial charge in [-0.1, -0.05) is 70.0 Å². The molecule has 0 radical (unpaired) electrons. The van der Waals surface area contributed by atoms with E-state index < -0.39 is 0 Å². The lowest BCUT2D eigenvalue weighted by molar-refractivity contribution is -0.113. The van der Waals surface area contributed by atoms with Crippen molar-refractivity contribution < 1.29 is 4.79 Å². The van der Waals surface area contributed by atoms with Crippen LogP contribution in [0.1, 0.15) is 95.4 Å². The second-order valence-electron chi connectivity index (χ2n) is 8.37.